The van der Waals surface area contributed by atoms with Gasteiger partial charge in [-0.25, -0.2) is 0 Å². The second-order valence-corrected chi connectivity index (χ2v) is 7.13. The van der Waals surface area contributed by atoms with Crippen LogP contribution in [-0.2, 0) is 4.79 Å². The molecule has 4 nitrogen and oxygen atoms in total. The van der Waals surface area contributed by atoms with Crippen LogP contribution in [0.5, 0.6) is 0 Å². The van der Waals surface area contributed by atoms with Gasteiger partial charge < -0.3 is 9.73 Å². The maximum Gasteiger partial charge on any atom is 0.250 e. The highest BCUT2D eigenvalue weighted by Crippen LogP contribution is 2.27. The summed E-state index contributed by atoms with van der Waals surface area (Å²) in [6.07, 6.45) is 2.96. The van der Waals surface area contributed by atoms with Crippen LogP contribution in [-0.4, -0.2) is 11.0 Å². The molecule has 0 saturated carbocycles. The molecule has 2 N–H and O–H groups in total. The summed E-state index contributed by atoms with van der Waals surface area (Å²) in [5, 5.41) is 6.49. The van der Waals surface area contributed by atoms with E-state index in [1.54, 1.807) is 12.1 Å². The van der Waals surface area contributed by atoms with Crippen molar-refractivity contribution in [2.45, 2.75) is 13.8 Å². The molecule has 142 valence electrons. The van der Waals surface area contributed by atoms with Crippen molar-refractivity contribution in [3.8, 4) is 11.3 Å². The maximum atomic E-state index is 12.1. The van der Waals surface area contributed by atoms with Gasteiger partial charge in [0.2, 0.25) is 5.91 Å². The molecule has 1 amide bonds. The van der Waals surface area contributed by atoms with Gasteiger partial charge in [0.1, 0.15) is 11.5 Å². The number of anilines is 1. The molecule has 0 fully saturated rings. The first-order valence-electron chi connectivity index (χ1n) is 8.64. The minimum atomic E-state index is -0.346. The van der Waals surface area contributed by atoms with Crippen LogP contribution < -0.4 is 10.6 Å². The Labute approximate surface area is 174 Å². The molecule has 0 aliphatic carbocycles. The first-order valence-corrected chi connectivity index (χ1v) is 9.42. The zero-order chi connectivity index (χ0) is 20.1. The number of nitrogens with one attached hydrogen (secondary N) is 2. The molecule has 28 heavy (non-hydrogen) atoms. The molecule has 0 radical (unpaired) electrons. The summed E-state index contributed by atoms with van der Waals surface area (Å²) < 4.78 is 5.75. The third-order valence-electron chi connectivity index (χ3n) is 3.99. The molecule has 3 rings (SSSR count). The molecule has 2 aromatic carbocycles. The van der Waals surface area contributed by atoms with Gasteiger partial charge >= 0.3 is 0 Å². The molecule has 1 aromatic heterocycles. The van der Waals surface area contributed by atoms with Crippen LogP contribution in [0.4, 0.5) is 5.69 Å². The van der Waals surface area contributed by atoms with E-state index in [0.717, 1.165) is 22.4 Å². The number of benzene rings is 2. The van der Waals surface area contributed by atoms with E-state index in [0.29, 0.717) is 16.5 Å². The third-order valence-corrected chi connectivity index (χ3v) is 4.61. The number of furan rings is 1. The number of carbonyl (C=O) groups excluding carboxylic acids is 1. The second kappa shape index (κ2) is 8.87. The summed E-state index contributed by atoms with van der Waals surface area (Å²) in [5.41, 5.74) is 3.80. The lowest BCUT2D eigenvalue weighted by Crippen LogP contribution is -2.32. The summed E-state index contributed by atoms with van der Waals surface area (Å²) in [4.78, 5) is 12.1. The molecule has 0 spiro atoms. The number of thiocarbonyl (C=S) groups is 1. The average Bonchev–Trinajstić information content (AvgIpc) is 3.11. The van der Waals surface area contributed by atoms with Gasteiger partial charge in [0.05, 0.1) is 0 Å². The Morgan fingerprint density at radius 2 is 1.93 bits per heavy atom. The monoisotopic (exact) mass is 410 g/mol. The maximum absolute atomic E-state index is 12.1. The predicted octanol–water partition coefficient (Wildman–Crippen LogP) is 5.74. The Morgan fingerprint density at radius 3 is 2.68 bits per heavy atom. The SMILES string of the molecule is Cc1cccc(NC(=S)NC(=O)/C=C/c2ccc(-c3ccc(C)c(Cl)c3)o2)c1. The number of carbonyl (C=O) groups is 1. The fourth-order valence-electron chi connectivity index (χ4n) is 2.54. The fourth-order valence-corrected chi connectivity index (χ4v) is 2.94. The van der Waals surface area contributed by atoms with Gasteiger partial charge in [0.15, 0.2) is 5.11 Å². The van der Waals surface area contributed by atoms with Crippen molar-refractivity contribution in [1.29, 1.82) is 0 Å². The highest BCUT2D eigenvalue weighted by molar-refractivity contribution is 7.80. The van der Waals surface area contributed by atoms with Crippen molar-refractivity contribution >= 4 is 46.6 Å². The van der Waals surface area contributed by atoms with Gasteiger partial charge in [-0.05, 0) is 73.6 Å². The molecule has 1 heterocycles. The van der Waals surface area contributed by atoms with Crippen LogP contribution in [0.1, 0.15) is 16.9 Å². The van der Waals surface area contributed by atoms with Crippen LogP contribution in [0.3, 0.4) is 0 Å². The Balaban J connectivity index is 1.59. The standard InChI is InChI=1S/C22H19ClN2O2S/c1-14-4-3-5-17(12-14)24-22(28)25-21(26)11-9-18-8-10-20(27-18)16-7-6-15(2)19(23)13-16/h3-13H,1-2H3,(H2,24,25,26,28)/b11-9+. The van der Waals surface area contributed by atoms with E-state index in [-0.39, 0.29) is 11.0 Å². The molecular formula is C22H19ClN2O2S. The molecule has 0 bridgehead atoms. The van der Waals surface area contributed by atoms with Gasteiger partial charge in [-0.15, -0.1) is 0 Å². The summed E-state index contributed by atoms with van der Waals surface area (Å²) in [5.74, 6) is 0.888. The smallest absolute Gasteiger partial charge is 0.250 e. The molecular weight excluding hydrogens is 392 g/mol. The molecule has 0 atom stereocenters. The van der Waals surface area contributed by atoms with Crippen LogP contribution in [0, 0.1) is 13.8 Å². The zero-order valence-corrected chi connectivity index (χ0v) is 17.0. The van der Waals surface area contributed by atoms with E-state index in [2.05, 4.69) is 10.6 Å². The Morgan fingerprint density at radius 1 is 1.11 bits per heavy atom. The summed E-state index contributed by atoms with van der Waals surface area (Å²) in [7, 11) is 0. The molecule has 0 unspecified atom stereocenters. The topological polar surface area (TPSA) is 54.3 Å². The van der Waals surface area contributed by atoms with Gasteiger partial charge in [0.25, 0.3) is 0 Å². The van der Waals surface area contributed by atoms with Gasteiger partial charge in [-0.2, -0.15) is 0 Å². The first kappa shape index (κ1) is 19.9. The van der Waals surface area contributed by atoms with Crippen molar-refractivity contribution in [1.82, 2.24) is 5.32 Å². The predicted molar refractivity (Wildman–Crippen MR) is 118 cm³/mol. The molecule has 3 aromatic rings. The minimum absolute atomic E-state index is 0.231. The van der Waals surface area contributed by atoms with Gasteiger partial charge in [-0.3, -0.25) is 10.1 Å². The number of hydrogen-bond acceptors (Lipinski definition) is 3. The van der Waals surface area contributed by atoms with E-state index >= 15 is 0 Å². The number of amides is 1. The Bertz CT molecular complexity index is 1060. The Kier molecular flexibility index (Phi) is 6.29. The number of aryl methyl sites for hydroxylation is 2. The summed E-state index contributed by atoms with van der Waals surface area (Å²) >= 11 is 11.3. The lowest BCUT2D eigenvalue weighted by Gasteiger charge is -2.08. The molecule has 0 aliphatic rings. The average molecular weight is 411 g/mol. The van der Waals surface area contributed by atoms with Crippen molar-refractivity contribution in [3.05, 3.63) is 82.6 Å². The number of rotatable bonds is 4. The highest BCUT2D eigenvalue weighted by atomic mass is 35.5. The largest absolute Gasteiger partial charge is 0.457 e. The quantitative estimate of drug-likeness (QED) is 0.425. The van der Waals surface area contributed by atoms with E-state index < -0.39 is 0 Å². The second-order valence-electron chi connectivity index (χ2n) is 6.31. The van der Waals surface area contributed by atoms with Crippen LogP contribution in [0.15, 0.2) is 65.1 Å². The third kappa shape index (κ3) is 5.31. The van der Waals surface area contributed by atoms with Gasteiger partial charge in [-0.1, -0.05) is 35.9 Å². The number of hydrogen-bond donors (Lipinski definition) is 2. The van der Waals surface area contributed by atoms with E-state index in [4.69, 9.17) is 28.2 Å². The lowest BCUT2D eigenvalue weighted by atomic mass is 10.1. The van der Waals surface area contributed by atoms with Crippen molar-refractivity contribution in [2.75, 3.05) is 5.32 Å². The molecule has 0 aliphatic heterocycles. The Hall–Kier alpha value is -2.89. The first-order chi connectivity index (χ1) is 13.4. The van der Waals surface area contributed by atoms with Crippen LogP contribution in [0.2, 0.25) is 5.02 Å². The normalized spacial score (nSPS) is 10.8. The number of halogens is 1. The lowest BCUT2D eigenvalue weighted by molar-refractivity contribution is -0.115. The van der Waals surface area contributed by atoms with Crippen LogP contribution >= 0.6 is 23.8 Å². The molecule has 6 heteroatoms. The van der Waals surface area contributed by atoms with Crippen molar-refractivity contribution < 1.29 is 9.21 Å². The van der Waals surface area contributed by atoms with E-state index in [9.17, 15) is 4.79 Å². The highest BCUT2D eigenvalue weighted by Gasteiger charge is 2.06. The fraction of sp³-hybridized carbons (Fsp3) is 0.0909. The van der Waals surface area contributed by atoms with Crippen molar-refractivity contribution in [3.63, 3.8) is 0 Å². The van der Waals surface area contributed by atoms with Gasteiger partial charge in [0, 0.05) is 22.3 Å². The van der Waals surface area contributed by atoms with E-state index in [1.165, 1.54) is 6.08 Å². The minimum Gasteiger partial charge on any atom is -0.457 e. The molecule has 0 saturated heterocycles. The van der Waals surface area contributed by atoms with Crippen molar-refractivity contribution in [2.24, 2.45) is 0 Å². The van der Waals surface area contributed by atoms with Crippen LogP contribution in [0.25, 0.3) is 17.4 Å². The zero-order valence-electron chi connectivity index (χ0n) is 15.5. The summed E-state index contributed by atoms with van der Waals surface area (Å²) in [6, 6.07) is 17.1. The summed E-state index contributed by atoms with van der Waals surface area (Å²) in [6.45, 7) is 3.93. The van der Waals surface area contributed by atoms with E-state index in [1.807, 2.05) is 62.4 Å².